The van der Waals surface area contributed by atoms with Gasteiger partial charge in [0.05, 0.1) is 0 Å². The van der Waals surface area contributed by atoms with E-state index in [1.807, 2.05) is 17.4 Å². The van der Waals surface area contributed by atoms with Crippen molar-refractivity contribution < 1.29 is 5.11 Å². The fraction of sp³-hybridized carbons (Fsp3) is 0.375. The van der Waals surface area contributed by atoms with Gasteiger partial charge in [-0.2, -0.15) is 0 Å². The molecule has 0 aliphatic heterocycles. The van der Waals surface area contributed by atoms with Crippen molar-refractivity contribution >= 4 is 11.3 Å². The molecular weight excluding hydrogens is 254 g/mol. The zero-order chi connectivity index (χ0) is 13.7. The van der Waals surface area contributed by atoms with E-state index in [4.69, 9.17) is 0 Å². The van der Waals surface area contributed by atoms with Gasteiger partial charge >= 0.3 is 0 Å². The van der Waals surface area contributed by atoms with Gasteiger partial charge in [-0.25, -0.2) is 0 Å². The number of benzene rings is 1. The van der Waals surface area contributed by atoms with Crippen LogP contribution in [0.1, 0.15) is 18.7 Å². The topological polar surface area (TPSA) is 32.3 Å². The Kier molecular flexibility index (Phi) is 4.75. The first kappa shape index (κ1) is 14.3. The minimum atomic E-state index is -0.0560. The van der Waals surface area contributed by atoms with E-state index in [9.17, 15) is 5.11 Å². The van der Waals surface area contributed by atoms with Crippen LogP contribution >= 0.6 is 11.3 Å². The summed E-state index contributed by atoms with van der Waals surface area (Å²) in [6, 6.07) is 14.8. The lowest BCUT2D eigenvalue weighted by Gasteiger charge is -2.21. The molecular formula is C16H21NOS. The standard InChI is InChI=1S/C16H21NOS/c1-16(2,12-18)11-17-10-14-8-9-15(19-14)13-6-4-3-5-7-13/h3-9,17-18H,10-12H2,1-2H3. The molecule has 0 saturated heterocycles. The molecule has 0 aliphatic carbocycles. The molecule has 2 aromatic rings. The molecule has 3 heteroatoms. The van der Waals surface area contributed by atoms with E-state index in [1.165, 1.54) is 15.3 Å². The molecule has 0 bridgehead atoms. The Labute approximate surface area is 119 Å². The molecule has 0 unspecified atom stereocenters. The Balaban J connectivity index is 1.92. The molecule has 102 valence electrons. The van der Waals surface area contributed by atoms with Crippen molar-refractivity contribution in [3.63, 3.8) is 0 Å². The summed E-state index contributed by atoms with van der Waals surface area (Å²) in [5.74, 6) is 0. The summed E-state index contributed by atoms with van der Waals surface area (Å²) in [4.78, 5) is 2.63. The SMILES string of the molecule is CC(C)(CO)CNCc1ccc(-c2ccccc2)s1. The van der Waals surface area contributed by atoms with Crippen LogP contribution in [0.25, 0.3) is 10.4 Å². The largest absolute Gasteiger partial charge is 0.396 e. The summed E-state index contributed by atoms with van der Waals surface area (Å²) in [6.45, 7) is 6.01. The van der Waals surface area contributed by atoms with Crippen molar-refractivity contribution in [1.82, 2.24) is 5.32 Å². The van der Waals surface area contributed by atoms with Crippen LogP contribution in [0, 0.1) is 5.41 Å². The third kappa shape index (κ3) is 4.16. The normalized spacial score (nSPS) is 11.7. The first-order valence-corrected chi connectivity index (χ1v) is 7.38. The highest BCUT2D eigenvalue weighted by Gasteiger charge is 2.15. The molecule has 0 aliphatic rings. The van der Waals surface area contributed by atoms with Crippen molar-refractivity contribution in [1.29, 1.82) is 0 Å². The molecule has 2 nitrogen and oxygen atoms in total. The minimum Gasteiger partial charge on any atom is -0.396 e. The van der Waals surface area contributed by atoms with Crippen LogP contribution in [0.3, 0.4) is 0 Å². The monoisotopic (exact) mass is 275 g/mol. The van der Waals surface area contributed by atoms with Crippen molar-refractivity contribution in [3.8, 4) is 10.4 Å². The Hall–Kier alpha value is -1.16. The van der Waals surface area contributed by atoms with Crippen LogP contribution in [-0.2, 0) is 6.54 Å². The van der Waals surface area contributed by atoms with Gasteiger partial charge in [0, 0.05) is 34.9 Å². The molecule has 0 amide bonds. The second kappa shape index (κ2) is 6.33. The van der Waals surface area contributed by atoms with Crippen LogP contribution in [0.2, 0.25) is 0 Å². The van der Waals surface area contributed by atoms with E-state index in [0.717, 1.165) is 13.1 Å². The van der Waals surface area contributed by atoms with Gasteiger partial charge in [-0.3, -0.25) is 0 Å². The van der Waals surface area contributed by atoms with Gasteiger partial charge in [0.25, 0.3) is 0 Å². The quantitative estimate of drug-likeness (QED) is 0.845. The van der Waals surface area contributed by atoms with E-state index in [2.05, 4.69) is 55.6 Å². The molecule has 0 atom stereocenters. The van der Waals surface area contributed by atoms with Crippen LogP contribution in [0.5, 0.6) is 0 Å². The predicted octanol–water partition coefficient (Wildman–Crippen LogP) is 3.52. The Morgan fingerprint density at radius 2 is 1.84 bits per heavy atom. The molecule has 1 aromatic heterocycles. The highest BCUT2D eigenvalue weighted by molar-refractivity contribution is 7.15. The van der Waals surface area contributed by atoms with Gasteiger partial charge in [-0.05, 0) is 17.7 Å². The van der Waals surface area contributed by atoms with E-state index in [0.29, 0.717) is 0 Å². The van der Waals surface area contributed by atoms with Gasteiger partial charge in [-0.1, -0.05) is 44.2 Å². The van der Waals surface area contributed by atoms with Gasteiger partial charge in [0.2, 0.25) is 0 Å². The first-order valence-electron chi connectivity index (χ1n) is 6.56. The van der Waals surface area contributed by atoms with Crippen LogP contribution in [0.4, 0.5) is 0 Å². The maximum atomic E-state index is 9.21. The van der Waals surface area contributed by atoms with Crippen molar-refractivity contribution in [3.05, 3.63) is 47.3 Å². The van der Waals surface area contributed by atoms with Crippen molar-refractivity contribution in [2.75, 3.05) is 13.2 Å². The van der Waals surface area contributed by atoms with Gasteiger partial charge in [0.1, 0.15) is 0 Å². The number of thiophene rings is 1. The fourth-order valence-electron chi connectivity index (χ4n) is 1.81. The number of rotatable bonds is 6. The Bertz CT molecular complexity index is 504. The Morgan fingerprint density at radius 3 is 2.53 bits per heavy atom. The molecule has 2 rings (SSSR count). The second-order valence-electron chi connectivity index (χ2n) is 5.56. The lowest BCUT2D eigenvalue weighted by molar-refractivity contribution is 0.157. The van der Waals surface area contributed by atoms with Gasteiger partial charge < -0.3 is 10.4 Å². The summed E-state index contributed by atoms with van der Waals surface area (Å²) < 4.78 is 0. The van der Waals surface area contributed by atoms with E-state index in [1.54, 1.807) is 0 Å². The molecule has 0 fully saturated rings. The van der Waals surface area contributed by atoms with Gasteiger partial charge in [-0.15, -0.1) is 11.3 Å². The molecule has 1 aromatic carbocycles. The third-order valence-corrected chi connectivity index (χ3v) is 4.19. The maximum absolute atomic E-state index is 9.21. The van der Waals surface area contributed by atoms with E-state index < -0.39 is 0 Å². The highest BCUT2D eigenvalue weighted by atomic mass is 32.1. The molecule has 0 spiro atoms. The third-order valence-electron chi connectivity index (χ3n) is 3.05. The number of hydrogen-bond acceptors (Lipinski definition) is 3. The highest BCUT2D eigenvalue weighted by Crippen LogP contribution is 2.27. The average Bonchev–Trinajstić information content (AvgIpc) is 2.88. The number of aliphatic hydroxyl groups excluding tert-OH is 1. The molecule has 2 N–H and O–H groups in total. The lowest BCUT2D eigenvalue weighted by Crippen LogP contribution is -2.31. The predicted molar refractivity (Wildman–Crippen MR) is 82.3 cm³/mol. The van der Waals surface area contributed by atoms with Crippen molar-refractivity contribution in [2.24, 2.45) is 5.41 Å². The number of nitrogens with one attached hydrogen (secondary N) is 1. The van der Waals surface area contributed by atoms with E-state index >= 15 is 0 Å². The van der Waals surface area contributed by atoms with Crippen LogP contribution < -0.4 is 5.32 Å². The fourth-order valence-corrected chi connectivity index (χ4v) is 2.79. The summed E-state index contributed by atoms with van der Waals surface area (Å²) in [6.07, 6.45) is 0. The summed E-state index contributed by atoms with van der Waals surface area (Å²) in [5.41, 5.74) is 1.22. The number of aliphatic hydroxyl groups is 1. The second-order valence-corrected chi connectivity index (χ2v) is 6.73. The maximum Gasteiger partial charge on any atom is 0.0494 e. The Morgan fingerprint density at radius 1 is 1.11 bits per heavy atom. The minimum absolute atomic E-state index is 0.0560. The smallest absolute Gasteiger partial charge is 0.0494 e. The lowest BCUT2D eigenvalue weighted by atomic mass is 9.95. The van der Waals surface area contributed by atoms with Crippen LogP contribution in [-0.4, -0.2) is 18.3 Å². The van der Waals surface area contributed by atoms with Crippen LogP contribution in [0.15, 0.2) is 42.5 Å². The zero-order valence-corrected chi connectivity index (χ0v) is 12.3. The average molecular weight is 275 g/mol. The summed E-state index contributed by atoms with van der Waals surface area (Å²) >= 11 is 1.82. The van der Waals surface area contributed by atoms with Crippen molar-refractivity contribution in [2.45, 2.75) is 20.4 Å². The molecule has 0 saturated carbocycles. The molecule has 1 heterocycles. The summed E-state index contributed by atoms with van der Waals surface area (Å²) in [7, 11) is 0. The molecule has 0 radical (unpaired) electrons. The van der Waals surface area contributed by atoms with Gasteiger partial charge in [0.15, 0.2) is 0 Å². The zero-order valence-electron chi connectivity index (χ0n) is 11.5. The molecule has 19 heavy (non-hydrogen) atoms. The summed E-state index contributed by atoms with van der Waals surface area (Å²) in [5, 5.41) is 12.6. The first-order chi connectivity index (χ1) is 9.11. The van der Waals surface area contributed by atoms with E-state index in [-0.39, 0.29) is 12.0 Å². The number of hydrogen-bond donors (Lipinski definition) is 2.